The summed E-state index contributed by atoms with van der Waals surface area (Å²) in [4.78, 5) is 36.5. The summed E-state index contributed by atoms with van der Waals surface area (Å²) in [7, 11) is 0. The van der Waals surface area contributed by atoms with E-state index in [1.54, 1.807) is 12.1 Å². The van der Waals surface area contributed by atoms with E-state index in [9.17, 15) is 14.4 Å². The molecule has 0 heterocycles. The molecule has 1 aromatic rings. The molecule has 4 atom stereocenters. The van der Waals surface area contributed by atoms with E-state index >= 15 is 0 Å². The molecule has 2 amide bonds. The number of carbonyl (C=O) groups excluding carboxylic acids is 3. The topological polar surface area (TPSA) is 84.5 Å². The van der Waals surface area contributed by atoms with Gasteiger partial charge in [-0.3, -0.25) is 9.59 Å². The summed E-state index contributed by atoms with van der Waals surface area (Å²) in [5, 5.41) is 5.49. The van der Waals surface area contributed by atoms with Gasteiger partial charge in [0.1, 0.15) is 5.70 Å². The van der Waals surface area contributed by atoms with Crippen LogP contribution in [-0.2, 0) is 19.1 Å². The van der Waals surface area contributed by atoms with Crippen molar-refractivity contribution in [2.75, 3.05) is 0 Å². The van der Waals surface area contributed by atoms with Crippen LogP contribution in [0.1, 0.15) is 52.5 Å². The second-order valence-corrected chi connectivity index (χ2v) is 7.58. The first-order valence-electron chi connectivity index (χ1n) is 9.83. The molecule has 152 valence electrons. The third-order valence-corrected chi connectivity index (χ3v) is 5.33. The van der Waals surface area contributed by atoms with Crippen molar-refractivity contribution < 1.29 is 19.1 Å². The standard InChI is InChI=1S/C22H30N2O4/c1-14-9-8-12-19(15(14)2)24-21(26)16(3)28-22(27)20(23-17(4)25)13-18-10-6-5-7-11-18/h5-7,10-11,13-16,19H,8-9,12H2,1-4H3,(H,23,25)(H,24,26)/b20-13-/t14-,15+,16+,19+/m0/s1. The van der Waals surface area contributed by atoms with Gasteiger partial charge < -0.3 is 15.4 Å². The molecule has 6 heteroatoms. The maximum absolute atomic E-state index is 12.5. The van der Waals surface area contributed by atoms with Crippen molar-refractivity contribution in [1.82, 2.24) is 10.6 Å². The van der Waals surface area contributed by atoms with Crippen LogP contribution >= 0.6 is 0 Å². The van der Waals surface area contributed by atoms with Crippen molar-refractivity contribution in [1.29, 1.82) is 0 Å². The fourth-order valence-corrected chi connectivity index (χ4v) is 3.41. The van der Waals surface area contributed by atoms with Crippen molar-refractivity contribution in [3.8, 4) is 0 Å². The highest BCUT2D eigenvalue weighted by Gasteiger charge is 2.30. The fourth-order valence-electron chi connectivity index (χ4n) is 3.41. The van der Waals surface area contributed by atoms with E-state index in [-0.39, 0.29) is 23.6 Å². The van der Waals surface area contributed by atoms with Crippen molar-refractivity contribution in [2.45, 2.75) is 59.1 Å². The van der Waals surface area contributed by atoms with E-state index in [0.717, 1.165) is 18.4 Å². The molecule has 0 radical (unpaired) electrons. The van der Waals surface area contributed by atoms with Crippen LogP contribution in [0.15, 0.2) is 36.0 Å². The smallest absolute Gasteiger partial charge is 0.355 e. The zero-order valence-electron chi connectivity index (χ0n) is 17.0. The summed E-state index contributed by atoms with van der Waals surface area (Å²) >= 11 is 0. The molecule has 6 nitrogen and oxygen atoms in total. The number of carbonyl (C=O) groups is 3. The largest absolute Gasteiger partial charge is 0.448 e. The summed E-state index contributed by atoms with van der Waals surface area (Å²) in [5.74, 6) is -0.514. The molecular weight excluding hydrogens is 356 g/mol. The van der Waals surface area contributed by atoms with Gasteiger partial charge in [-0.2, -0.15) is 0 Å². The first kappa shape index (κ1) is 21.7. The van der Waals surface area contributed by atoms with Crippen LogP contribution in [0.25, 0.3) is 6.08 Å². The molecule has 1 aliphatic carbocycles. The summed E-state index contributed by atoms with van der Waals surface area (Å²) in [6, 6.07) is 9.20. The van der Waals surface area contributed by atoms with Gasteiger partial charge in [-0.1, -0.05) is 57.0 Å². The lowest BCUT2D eigenvalue weighted by Crippen LogP contribution is -2.48. The molecule has 0 aliphatic heterocycles. The normalized spacial score (nSPS) is 23.4. The molecule has 0 saturated heterocycles. The number of hydrogen-bond acceptors (Lipinski definition) is 4. The summed E-state index contributed by atoms with van der Waals surface area (Å²) in [6.07, 6.45) is 3.76. The van der Waals surface area contributed by atoms with E-state index in [1.807, 2.05) is 18.2 Å². The van der Waals surface area contributed by atoms with Crippen LogP contribution in [0, 0.1) is 11.8 Å². The molecule has 0 aromatic heterocycles. The Morgan fingerprint density at radius 2 is 1.82 bits per heavy atom. The first-order chi connectivity index (χ1) is 13.3. The van der Waals surface area contributed by atoms with Crippen LogP contribution in [0.2, 0.25) is 0 Å². The predicted octanol–water partition coefficient (Wildman–Crippen LogP) is 3.04. The minimum atomic E-state index is -0.954. The Kier molecular flexibility index (Phi) is 7.79. The average molecular weight is 386 g/mol. The lowest BCUT2D eigenvalue weighted by Gasteiger charge is -2.35. The second kappa shape index (κ2) is 10.1. The Labute approximate surface area is 166 Å². The minimum absolute atomic E-state index is 0.00185. The van der Waals surface area contributed by atoms with Crippen LogP contribution in [0.5, 0.6) is 0 Å². The monoisotopic (exact) mass is 386 g/mol. The first-order valence-corrected chi connectivity index (χ1v) is 9.83. The van der Waals surface area contributed by atoms with Crippen molar-refractivity contribution in [2.24, 2.45) is 11.8 Å². The van der Waals surface area contributed by atoms with Crippen LogP contribution in [0.4, 0.5) is 0 Å². The maximum atomic E-state index is 12.5. The number of nitrogens with one attached hydrogen (secondary N) is 2. The molecule has 2 N–H and O–H groups in total. The second-order valence-electron chi connectivity index (χ2n) is 7.58. The van der Waals surface area contributed by atoms with Crippen LogP contribution in [0.3, 0.4) is 0 Å². The van der Waals surface area contributed by atoms with Gasteiger partial charge in [-0.15, -0.1) is 0 Å². The Bertz CT molecular complexity index is 729. The molecule has 2 rings (SSSR count). The Morgan fingerprint density at radius 1 is 1.14 bits per heavy atom. The number of ether oxygens (including phenoxy) is 1. The number of rotatable bonds is 6. The number of benzene rings is 1. The SMILES string of the molecule is CC(=O)N/C(=C\c1ccccc1)C(=O)O[C@H](C)C(=O)N[C@@H]1CCC[C@H](C)[C@H]1C. The number of esters is 1. The van der Waals surface area contributed by atoms with E-state index in [4.69, 9.17) is 4.74 Å². The van der Waals surface area contributed by atoms with Crippen molar-refractivity contribution in [3.05, 3.63) is 41.6 Å². The lowest BCUT2D eigenvalue weighted by molar-refractivity contribution is -0.152. The van der Waals surface area contributed by atoms with Gasteiger partial charge in [-0.25, -0.2) is 4.79 Å². The third kappa shape index (κ3) is 6.22. The van der Waals surface area contributed by atoms with Gasteiger partial charge in [-0.05, 0) is 36.8 Å². The maximum Gasteiger partial charge on any atom is 0.355 e. The van der Waals surface area contributed by atoms with Crippen LogP contribution in [-0.4, -0.2) is 29.9 Å². The molecule has 0 spiro atoms. The van der Waals surface area contributed by atoms with Gasteiger partial charge in [0.05, 0.1) is 0 Å². The summed E-state index contributed by atoms with van der Waals surface area (Å²) in [5.41, 5.74) is 0.739. The van der Waals surface area contributed by atoms with Gasteiger partial charge in [0.2, 0.25) is 5.91 Å². The highest BCUT2D eigenvalue weighted by atomic mass is 16.5. The minimum Gasteiger partial charge on any atom is -0.448 e. The fraction of sp³-hybridized carbons (Fsp3) is 0.500. The Hall–Kier alpha value is -2.63. The van der Waals surface area contributed by atoms with Crippen molar-refractivity contribution in [3.63, 3.8) is 0 Å². The molecule has 1 aromatic carbocycles. The highest BCUT2D eigenvalue weighted by molar-refractivity contribution is 5.98. The van der Waals surface area contributed by atoms with Gasteiger partial charge >= 0.3 is 5.97 Å². The predicted molar refractivity (Wildman–Crippen MR) is 108 cm³/mol. The Morgan fingerprint density at radius 3 is 2.46 bits per heavy atom. The highest BCUT2D eigenvalue weighted by Crippen LogP contribution is 2.29. The van der Waals surface area contributed by atoms with E-state index in [2.05, 4.69) is 24.5 Å². The molecule has 1 fully saturated rings. The van der Waals surface area contributed by atoms with Crippen LogP contribution < -0.4 is 10.6 Å². The average Bonchev–Trinajstić information content (AvgIpc) is 2.65. The summed E-state index contributed by atoms with van der Waals surface area (Å²) in [6.45, 7) is 7.19. The van der Waals surface area contributed by atoms with E-state index in [0.29, 0.717) is 11.8 Å². The Balaban J connectivity index is 2.02. The molecule has 28 heavy (non-hydrogen) atoms. The van der Waals surface area contributed by atoms with Gasteiger partial charge in [0.15, 0.2) is 6.10 Å². The van der Waals surface area contributed by atoms with Crippen molar-refractivity contribution >= 4 is 23.9 Å². The summed E-state index contributed by atoms with van der Waals surface area (Å²) < 4.78 is 5.32. The lowest BCUT2D eigenvalue weighted by atomic mass is 9.78. The number of amides is 2. The molecule has 0 unspecified atom stereocenters. The molecule has 1 saturated carbocycles. The quantitative estimate of drug-likeness (QED) is 0.581. The van der Waals surface area contributed by atoms with Gasteiger partial charge in [0, 0.05) is 13.0 Å². The number of hydrogen-bond donors (Lipinski definition) is 2. The van der Waals surface area contributed by atoms with E-state index < -0.39 is 12.1 Å². The molecule has 1 aliphatic rings. The zero-order valence-corrected chi connectivity index (χ0v) is 17.0. The van der Waals surface area contributed by atoms with Gasteiger partial charge in [0.25, 0.3) is 5.91 Å². The zero-order chi connectivity index (χ0) is 20.7. The molecular formula is C22H30N2O4. The van der Waals surface area contributed by atoms with E-state index in [1.165, 1.54) is 26.3 Å². The molecule has 0 bridgehead atoms. The third-order valence-electron chi connectivity index (χ3n) is 5.33.